The maximum atomic E-state index is 12.6. The number of carbonyl (C=O) groups excluding carboxylic acids is 1. The Kier molecular flexibility index (Phi) is 3.14. The highest BCUT2D eigenvalue weighted by Crippen LogP contribution is 2.38. The Labute approximate surface area is 121 Å². The van der Waals surface area contributed by atoms with E-state index < -0.39 is 0 Å². The summed E-state index contributed by atoms with van der Waals surface area (Å²) in [5.41, 5.74) is 8.84. The van der Waals surface area contributed by atoms with Crippen molar-refractivity contribution in [2.24, 2.45) is 4.99 Å². The van der Waals surface area contributed by atoms with E-state index in [1.807, 2.05) is 31.4 Å². The third-order valence-corrected chi connectivity index (χ3v) is 4.37. The fraction of sp³-hybridized carbons (Fsp3) is 0.267. The minimum Gasteiger partial charge on any atom is -0.384 e. The summed E-state index contributed by atoms with van der Waals surface area (Å²) < 4.78 is 0. The summed E-state index contributed by atoms with van der Waals surface area (Å²) in [6, 6.07) is 5.66. The molecule has 1 unspecified atom stereocenters. The Morgan fingerprint density at radius 2 is 2.25 bits per heavy atom. The first-order chi connectivity index (χ1) is 9.61. The molecule has 102 valence electrons. The molecule has 0 saturated heterocycles. The maximum absolute atomic E-state index is 12.6. The number of carbonyl (C=O) groups is 1. The van der Waals surface area contributed by atoms with Crippen molar-refractivity contribution in [1.82, 2.24) is 4.98 Å². The smallest absolute Gasteiger partial charge is 0.191 e. The largest absolute Gasteiger partial charge is 0.384 e. The van der Waals surface area contributed by atoms with Gasteiger partial charge in [-0.3, -0.25) is 4.79 Å². The van der Waals surface area contributed by atoms with Gasteiger partial charge in [-0.2, -0.15) is 0 Å². The van der Waals surface area contributed by atoms with Crippen LogP contribution in [0, 0.1) is 6.92 Å². The van der Waals surface area contributed by atoms with Gasteiger partial charge in [0.05, 0.1) is 22.2 Å². The number of ketones is 1. The number of thiophene rings is 1. The molecule has 1 aliphatic heterocycles. The van der Waals surface area contributed by atoms with Gasteiger partial charge < -0.3 is 5.73 Å². The predicted octanol–water partition coefficient (Wildman–Crippen LogP) is 3.23. The number of rotatable bonds is 2. The molecule has 3 heterocycles. The van der Waals surface area contributed by atoms with E-state index in [1.165, 1.54) is 11.3 Å². The number of hydrogen-bond acceptors (Lipinski definition) is 5. The van der Waals surface area contributed by atoms with Crippen LogP contribution in [0.2, 0.25) is 0 Å². The second-order valence-corrected chi connectivity index (χ2v) is 5.81. The number of aliphatic imine (C=N–C) groups is 1. The minimum absolute atomic E-state index is 0.0416. The Bertz CT molecular complexity index is 704. The van der Waals surface area contributed by atoms with Crippen molar-refractivity contribution in [3.8, 4) is 0 Å². The fourth-order valence-electron chi connectivity index (χ4n) is 2.53. The molecular formula is C15H15N3OS. The van der Waals surface area contributed by atoms with Crippen LogP contribution in [0.1, 0.15) is 35.4 Å². The zero-order valence-electron chi connectivity index (χ0n) is 11.4. The lowest BCUT2D eigenvalue weighted by atomic mass is 9.88. The second kappa shape index (κ2) is 4.83. The SMILES string of the molecule is CCC1C(=O)C(c2cccs2)=Nc2c(C)cc(N)nc21. The lowest BCUT2D eigenvalue weighted by Crippen LogP contribution is -2.27. The average Bonchev–Trinajstić information content (AvgIpc) is 2.92. The van der Waals surface area contributed by atoms with Gasteiger partial charge in [-0.25, -0.2) is 9.98 Å². The van der Waals surface area contributed by atoms with Crippen LogP contribution in [-0.4, -0.2) is 16.5 Å². The van der Waals surface area contributed by atoms with E-state index in [9.17, 15) is 4.79 Å². The Morgan fingerprint density at radius 3 is 2.90 bits per heavy atom. The summed E-state index contributed by atoms with van der Waals surface area (Å²) in [6.07, 6.45) is 0.701. The highest BCUT2D eigenvalue weighted by molar-refractivity contribution is 7.13. The molecule has 0 spiro atoms. The number of Topliss-reactive ketones (excluding diaryl/α,β-unsaturated/α-hetero) is 1. The molecule has 5 heteroatoms. The average molecular weight is 285 g/mol. The highest BCUT2D eigenvalue weighted by atomic mass is 32.1. The van der Waals surface area contributed by atoms with Gasteiger partial charge in [-0.15, -0.1) is 11.3 Å². The van der Waals surface area contributed by atoms with Crippen LogP contribution in [0.25, 0.3) is 0 Å². The number of anilines is 1. The maximum Gasteiger partial charge on any atom is 0.191 e. The van der Waals surface area contributed by atoms with Gasteiger partial charge in [-0.1, -0.05) is 13.0 Å². The van der Waals surface area contributed by atoms with Crippen molar-refractivity contribution in [2.75, 3.05) is 5.73 Å². The summed E-state index contributed by atoms with van der Waals surface area (Å²) in [7, 11) is 0. The molecule has 0 aliphatic carbocycles. The minimum atomic E-state index is -0.248. The molecule has 1 aliphatic rings. The normalized spacial score (nSPS) is 17.8. The lowest BCUT2D eigenvalue weighted by molar-refractivity contribution is -0.114. The molecule has 2 N–H and O–H groups in total. The van der Waals surface area contributed by atoms with Crippen molar-refractivity contribution in [2.45, 2.75) is 26.2 Å². The van der Waals surface area contributed by atoms with Crippen molar-refractivity contribution < 1.29 is 4.79 Å². The molecule has 3 rings (SSSR count). The van der Waals surface area contributed by atoms with E-state index in [2.05, 4.69) is 9.98 Å². The molecule has 4 nitrogen and oxygen atoms in total. The number of nitrogen functional groups attached to an aromatic ring is 1. The van der Waals surface area contributed by atoms with E-state index in [1.54, 1.807) is 6.07 Å². The van der Waals surface area contributed by atoms with Crippen molar-refractivity contribution in [3.63, 3.8) is 0 Å². The Morgan fingerprint density at radius 1 is 1.45 bits per heavy atom. The standard InChI is InChI=1S/C15H15N3OS/c1-3-9-13-12(8(2)7-11(16)17-13)18-14(15(9)19)10-5-4-6-20-10/h4-7,9H,3H2,1-2H3,(H2,16,17). The Balaban J connectivity index is 2.24. The van der Waals surface area contributed by atoms with Crippen molar-refractivity contribution in [3.05, 3.63) is 39.7 Å². The van der Waals surface area contributed by atoms with Gasteiger partial charge >= 0.3 is 0 Å². The molecule has 1 atom stereocenters. The van der Waals surface area contributed by atoms with Crippen LogP contribution in [0.4, 0.5) is 11.5 Å². The zero-order chi connectivity index (χ0) is 14.3. The van der Waals surface area contributed by atoms with E-state index in [4.69, 9.17) is 5.73 Å². The molecule has 0 bridgehead atoms. The van der Waals surface area contributed by atoms with Gasteiger partial charge in [0.2, 0.25) is 0 Å². The first kappa shape index (κ1) is 13.0. The molecule has 0 aromatic carbocycles. The zero-order valence-corrected chi connectivity index (χ0v) is 12.2. The van der Waals surface area contributed by atoms with Gasteiger partial charge in [0, 0.05) is 0 Å². The predicted molar refractivity (Wildman–Crippen MR) is 81.9 cm³/mol. The van der Waals surface area contributed by atoms with E-state index in [0.29, 0.717) is 18.0 Å². The van der Waals surface area contributed by atoms with Gasteiger partial charge in [0.25, 0.3) is 0 Å². The van der Waals surface area contributed by atoms with Crippen molar-refractivity contribution in [1.29, 1.82) is 0 Å². The highest BCUT2D eigenvalue weighted by Gasteiger charge is 2.33. The molecule has 0 amide bonds. The number of pyridine rings is 1. The number of nitrogens with two attached hydrogens (primary N) is 1. The van der Waals surface area contributed by atoms with Crippen LogP contribution in [0.15, 0.2) is 28.6 Å². The molecular weight excluding hydrogens is 270 g/mol. The number of nitrogens with zero attached hydrogens (tertiary/aromatic N) is 2. The fourth-order valence-corrected chi connectivity index (χ4v) is 3.25. The number of hydrogen-bond donors (Lipinski definition) is 1. The molecule has 0 fully saturated rings. The van der Waals surface area contributed by atoms with Gasteiger partial charge in [-0.05, 0) is 36.4 Å². The molecule has 0 radical (unpaired) electrons. The molecule has 2 aromatic heterocycles. The first-order valence-electron chi connectivity index (χ1n) is 6.55. The number of aromatic nitrogens is 1. The van der Waals surface area contributed by atoms with Crippen molar-refractivity contribution >= 4 is 34.3 Å². The van der Waals surface area contributed by atoms with Crippen LogP contribution < -0.4 is 5.73 Å². The first-order valence-corrected chi connectivity index (χ1v) is 7.43. The molecule has 20 heavy (non-hydrogen) atoms. The number of aryl methyl sites for hydroxylation is 1. The van der Waals surface area contributed by atoms with Gasteiger partial charge in [0.1, 0.15) is 11.5 Å². The van der Waals surface area contributed by atoms with Crippen LogP contribution in [0.5, 0.6) is 0 Å². The van der Waals surface area contributed by atoms with Gasteiger partial charge in [0.15, 0.2) is 5.78 Å². The second-order valence-electron chi connectivity index (χ2n) is 4.86. The van der Waals surface area contributed by atoms with Crippen LogP contribution in [-0.2, 0) is 4.79 Å². The topological polar surface area (TPSA) is 68.3 Å². The summed E-state index contributed by atoms with van der Waals surface area (Å²) in [4.78, 5) is 22.5. The van der Waals surface area contributed by atoms with E-state index >= 15 is 0 Å². The summed E-state index contributed by atoms with van der Waals surface area (Å²) >= 11 is 1.53. The van der Waals surface area contributed by atoms with E-state index in [0.717, 1.165) is 21.8 Å². The van der Waals surface area contributed by atoms with Crippen LogP contribution in [0.3, 0.4) is 0 Å². The summed E-state index contributed by atoms with van der Waals surface area (Å²) in [5.74, 6) is 0.240. The van der Waals surface area contributed by atoms with E-state index in [-0.39, 0.29) is 11.7 Å². The third kappa shape index (κ3) is 1.94. The summed E-state index contributed by atoms with van der Waals surface area (Å²) in [6.45, 7) is 3.94. The van der Waals surface area contributed by atoms with Crippen LogP contribution >= 0.6 is 11.3 Å². The summed E-state index contributed by atoms with van der Waals surface area (Å²) in [5, 5.41) is 1.95. The molecule has 0 saturated carbocycles. The monoisotopic (exact) mass is 285 g/mol. The lowest BCUT2D eigenvalue weighted by Gasteiger charge is -2.22. The quantitative estimate of drug-likeness (QED) is 0.921. The number of fused-ring (bicyclic) bond motifs is 1. The Hall–Kier alpha value is -2.01. The molecule has 2 aromatic rings. The third-order valence-electron chi connectivity index (χ3n) is 3.50.